The monoisotopic (exact) mass is 655 g/mol. The highest BCUT2D eigenvalue weighted by Crippen LogP contribution is 2.25. The van der Waals surface area contributed by atoms with Crippen LogP contribution < -0.4 is 20.5 Å². The molecule has 15 heteroatoms. The molecule has 5 aromatic rings. The zero-order chi connectivity index (χ0) is 33.0. The molecule has 0 saturated carbocycles. The molecule has 5 rings (SSSR count). The SMILES string of the molecule is CCn1s/c(=N\C(=O)NCCc2ccc(-c3ncn(-c4ccc(OC(F)(F)F)cc4)n3)cc2)n(-c2cc(F)ccc2C(C)C)c1=O. The molecule has 0 unspecified atom stereocenters. The summed E-state index contributed by atoms with van der Waals surface area (Å²) in [5, 5.41) is 7.14. The molecule has 0 aliphatic rings. The van der Waals surface area contributed by atoms with Crippen molar-refractivity contribution in [1.82, 2.24) is 28.6 Å². The van der Waals surface area contributed by atoms with Crippen LogP contribution in [0.3, 0.4) is 0 Å². The van der Waals surface area contributed by atoms with Gasteiger partial charge in [-0.3, -0.25) is 0 Å². The van der Waals surface area contributed by atoms with E-state index >= 15 is 0 Å². The van der Waals surface area contributed by atoms with Crippen LogP contribution in [0.15, 0.2) is 82.8 Å². The first kappa shape index (κ1) is 32.3. The maximum Gasteiger partial charge on any atom is 0.573 e. The minimum atomic E-state index is -4.77. The van der Waals surface area contributed by atoms with E-state index < -0.39 is 23.9 Å². The number of nitrogens with zero attached hydrogens (tertiary/aromatic N) is 6. The number of carbonyl (C=O) groups is 1. The summed E-state index contributed by atoms with van der Waals surface area (Å²) < 4.78 is 59.5. The van der Waals surface area contributed by atoms with Crippen molar-refractivity contribution in [2.75, 3.05) is 6.54 Å². The standard InChI is InChI=1S/C31H29F4N7O3S/c1-4-41-30(44)42(26-17-22(32)9-14-25(26)19(2)3)29(46-41)38-28(43)36-16-15-20-5-7-21(8-6-20)27-37-18-40(39-27)23-10-12-24(13-11-23)45-31(33,34)35/h5-14,17-19H,4,15-16H2,1-3H3,(H,36,43)/b38-29-. The average Bonchev–Trinajstić information content (AvgIpc) is 3.61. The van der Waals surface area contributed by atoms with Crippen molar-refractivity contribution in [3.8, 4) is 28.5 Å². The molecular formula is C31H29F4N7O3S. The lowest BCUT2D eigenvalue weighted by atomic mass is 10.0. The van der Waals surface area contributed by atoms with Crippen LogP contribution in [0.1, 0.15) is 37.8 Å². The number of benzene rings is 3. The fraction of sp³-hybridized carbons (Fsp3) is 0.258. The van der Waals surface area contributed by atoms with E-state index in [2.05, 4.69) is 25.1 Å². The smallest absolute Gasteiger partial charge is 0.406 e. The van der Waals surface area contributed by atoms with Gasteiger partial charge in [-0.15, -0.1) is 18.3 Å². The summed E-state index contributed by atoms with van der Waals surface area (Å²) in [4.78, 5) is 34.5. The van der Waals surface area contributed by atoms with Gasteiger partial charge in [0.2, 0.25) is 4.80 Å². The Kier molecular flexibility index (Phi) is 9.51. The summed E-state index contributed by atoms with van der Waals surface area (Å²) >= 11 is 1.02. The number of urea groups is 1. The number of hydrogen-bond donors (Lipinski definition) is 1. The van der Waals surface area contributed by atoms with Crippen molar-refractivity contribution in [1.29, 1.82) is 0 Å². The average molecular weight is 656 g/mol. The highest BCUT2D eigenvalue weighted by molar-refractivity contribution is 7.03. The third-order valence-electron chi connectivity index (χ3n) is 6.86. The topological polar surface area (TPSA) is 108 Å². The van der Waals surface area contributed by atoms with Gasteiger partial charge >= 0.3 is 18.1 Å². The van der Waals surface area contributed by atoms with Crippen LogP contribution >= 0.6 is 11.5 Å². The number of carbonyl (C=O) groups excluding carboxylic acids is 1. The van der Waals surface area contributed by atoms with E-state index in [0.717, 1.165) is 28.2 Å². The second-order valence-electron chi connectivity index (χ2n) is 10.4. The van der Waals surface area contributed by atoms with Crippen LogP contribution in [-0.2, 0) is 13.0 Å². The highest BCUT2D eigenvalue weighted by Gasteiger charge is 2.31. The van der Waals surface area contributed by atoms with E-state index in [-0.39, 0.29) is 23.0 Å². The molecule has 1 N–H and O–H groups in total. The Bertz CT molecular complexity index is 1960. The first-order valence-electron chi connectivity index (χ1n) is 14.2. The molecular weight excluding hydrogens is 626 g/mol. The summed E-state index contributed by atoms with van der Waals surface area (Å²) in [5.41, 5.74) is 2.84. The lowest BCUT2D eigenvalue weighted by molar-refractivity contribution is -0.274. The molecule has 3 aromatic carbocycles. The third-order valence-corrected chi connectivity index (χ3v) is 7.93. The lowest BCUT2D eigenvalue weighted by Crippen LogP contribution is -2.31. The summed E-state index contributed by atoms with van der Waals surface area (Å²) in [7, 11) is 0. The van der Waals surface area contributed by atoms with Crippen LogP contribution in [0.4, 0.5) is 22.4 Å². The van der Waals surface area contributed by atoms with Crippen molar-refractivity contribution in [3.63, 3.8) is 0 Å². The summed E-state index contributed by atoms with van der Waals surface area (Å²) in [6, 6.07) is 16.2. The minimum absolute atomic E-state index is 0.000430. The summed E-state index contributed by atoms with van der Waals surface area (Å²) in [5.74, 6) is -0.421. The molecule has 10 nitrogen and oxygen atoms in total. The number of aryl methyl sites for hydroxylation is 1. The van der Waals surface area contributed by atoms with Crippen molar-refractivity contribution < 1.29 is 27.1 Å². The Balaban J connectivity index is 1.24. The molecule has 2 amide bonds. The van der Waals surface area contributed by atoms with Crippen LogP contribution in [0.5, 0.6) is 5.75 Å². The van der Waals surface area contributed by atoms with Gasteiger partial charge in [-0.1, -0.05) is 44.2 Å². The molecule has 0 aliphatic heterocycles. The third kappa shape index (κ3) is 7.59. The Labute approximate surface area is 264 Å². The van der Waals surface area contributed by atoms with Gasteiger partial charge in [0.05, 0.1) is 11.4 Å². The Morgan fingerprint density at radius 2 is 1.78 bits per heavy atom. The molecule has 0 saturated heterocycles. The van der Waals surface area contributed by atoms with E-state index in [4.69, 9.17) is 0 Å². The number of nitrogens with one attached hydrogen (secondary N) is 1. The van der Waals surface area contributed by atoms with Crippen molar-refractivity contribution >= 4 is 17.6 Å². The predicted molar refractivity (Wildman–Crippen MR) is 164 cm³/mol. The maximum atomic E-state index is 14.2. The second kappa shape index (κ2) is 13.5. The minimum Gasteiger partial charge on any atom is -0.406 e. The van der Waals surface area contributed by atoms with Gasteiger partial charge in [0.1, 0.15) is 17.9 Å². The van der Waals surface area contributed by atoms with E-state index in [9.17, 15) is 27.2 Å². The number of ether oxygens (including phenoxy) is 1. The molecule has 2 aromatic heterocycles. The van der Waals surface area contributed by atoms with Gasteiger partial charge < -0.3 is 10.1 Å². The molecule has 0 bridgehead atoms. The Hall–Kier alpha value is -5.05. The lowest BCUT2D eigenvalue weighted by Gasteiger charge is -2.12. The number of rotatable bonds is 9. The van der Waals surface area contributed by atoms with Crippen molar-refractivity contribution in [2.45, 2.75) is 46.0 Å². The number of amides is 2. The molecule has 2 heterocycles. The first-order valence-corrected chi connectivity index (χ1v) is 15.0. The molecule has 0 spiro atoms. The number of halogens is 4. The Morgan fingerprint density at radius 1 is 1.07 bits per heavy atom. The van der Waals surface area contributed by atoms with Gasteiger partial charge in [-0.25, -0.2) is 32.2 Å². The van der Waals surface area contributed by atoms with Crippen molar-refractivity contribution in [2.24, 2.45) is 4.99 Å². The van der Waals surface area contributed by atoms with Crippen LogP contribution in [0.25, 0.3) is 22.8 Å². The van der Waals surface area contributed by atoms with E-state index in [1.54, 1.807) is 13.0 Å². The normalized spacial score (nSPS) is 12.1. The Morgan fingerprint density at radius 3 is 2.43 bits per heavy atom. The maximum absolute atomic E-state index is 14.2. The van der Waals surface area contributed by atoms with E-state index in [0.29, 0.717) is 30.2 Å². The van der Waals surface area contributed by atoms with Crippen LogP contribution in [0, 0.1) is 5.82 Å². The van der Waals surface area contributed by atoms with E-state index in [1.165, 1.54) is 55.9 Å². The van der Waals surface area contributed by atoms with Crippen molar-refractivity contribution in [3.05, 3.63) is 105 Å². The fourth-order valence-corrected chi connectivity index (χ4v) is 5.50. The second-order valence-corrected chi connectivity index (χ2v) is 11.4. The molecule has 0 aliphatic carbocycles. The zero-order valence-corrected chi connectivity index (χ0v) is 25.8. The summed E-state index contributed by atoms with van der Waals surface area (Å²) in [6.07, 6.45) is -2.83. The largest absolute Gasteiger partial charge is 0.573 e. The van der Waals surface area contributed by atoms with Gasteiger partial charge in [0.15, 0.2) is 5.82 Å². The van der Waals surface area contributed by atoms with Gasteiger partial charge in [-0.05, 0) is 78.3 Å². The number of hydrogen-bond acceptors (Lipinski definition) is 6. The molecule has 46 heavy (non-hydrogen) atoms. The highest BCUT2D eigenvalue weighted by atomic mass is 32.1. The van der Waals surface area contributed by atoms with E-state index in [1.807, 2.05) is 38.1 Å². The quantitative estimate of drug-likeness (QED) is 0.197. The van der Waals surface area contributed by atoms with Gasteiger partial charge in [0.25, 0.3) is 0 Å². The molecule has 0 fully saturated rings. The number of aromatic nitrogens is 5. The fourth-order valence-electron chi connectivity index (χ4n) is 4.63. The first-order chi connectivity index (χ1) is 21.9. The molecule has 0 radical (unpaired) electrons. The summed E-state index contributed by atoms with van der Waals surface area (Å²) in [6.45, 7) is 6.30. The van der Waals surface area contributed by atoms with Crippen LogP contribution in [0.2, 0.25) is 0 Å². The number of alkyl halides is 3. The van der Waals surface area contributed by atoms with Crippen LogP contribution in [-0.4, -0.2) is 42.2 Å². The van der Waals surface area contributed by atoms with Gasteiger partial charge in [0, 0.05) is 18.7 Å². The predicted octanol–water partition coefficient (Wildman–Crippen LogP) is 5.98. The van der Waals surface area contributed by atoms with Gasteiger partial charge in [-0.2, -0.15) is 4.99 Å². The molecule has 0 atom stereocenters. The molecule has 240 valence electrons. The zero-order valence-electron chi connectivity index (χ0n) is 25.0.